The first-order valence-corrected chi connectivity index (χ1v) is 7.16. The maximum Gasteiger partial charge on any atom is 0.224 e. The number of hydrogen-bond acceptors (Lipinski definition) is 5. The molecule has 1 saturated heterocycles. The first kappa shape index (κ1) is 14.0. The van der Waals surface area contributed by atoms with Crippen molar-refractivity contribution in [1.29, 1.82) is 0 Å². The van der Waals surface area contributed by atoms with Crippen LogP contribution in [-0.4, -0.2) is 47.0 Å². The molecule has 1 amide bonds. The zero-order valence-corrected chi connectivity index (χ0v) is 12.7. The van der Waals surface area contributed by atoms with Crippen LogP contribution in [0.15, 0.2) is 10.7 Å². The smallest absolute Gasteiger partial charge is 0.224 e. The number of likely N-dealkylation sites (tertiary alicyclic amines) is 1. The number of nitrogens with one attached hydrogen (secondary N) is 2. The Morgan fingerprint density at radius 2 is 2.37 bits per heavy atom. The Morgan fingerprint density at radius 3 is 3.05 bits per heavy atom. The van der Waals surface area contributed by atoms with Gasteiger partial charge in [0.2, 0.25) is 11.9 Å². The number of aromatic nitrogens is 2. The van der Waals surface area contributed by atoms with Gasteiger partial charge in [-0.2, -0.15) is 4.98 Å². The second-order valence-electron chi connectivity index (χ2n) is 4.57. The van der Waals surface area contributed by atoms with E-state index in [-0.39, 0.29) is 11.9 Å². The van der Waals surface area contributed by atoms with Crippen molar-refractivity contribution < 1.29 is 4.79 Å². The molecule has 19 heavy (non-hydrogen) atoms. The van der Waals surface area contributed by atoms with Gasteiger partial charge in [0.1, 0.15) is 5.82 Å². The fourth-order valence-electron chi connectivity index (χ4n) is 2.04. The van der Waals surface area contributed by atoms with Crippen LogP contribution >= 0.6 is 15.9 Å². The van der Waals surface area contributed by atoms with E-state index in [0.29, 0.717) is 18.9 Å². The zero-order valence-electron chi connectivity index (χ0n) is 11.1. The molecule has 0 bridgehead atoms. The number of rotatable bonds is 4. The Hall–Kier alpha value is -1.37. The van der Waals surface area contributed by atoms with Crippen LogP contribution < -0.4 is 10.6 Å². The third-order valence-corrected chi connectivity index (χ3v) is 3.63. The number of nitrogens with zero attached hydrogens (tertiary/aromatic N) is 3. The molecular formula is C12H18BrN5O. The molecule has 0 spiro atoms. The molecule has 2 N–H and O–H groups in total. The summed E-state index contributed by atoms with van der Waals surface area (Å²) < 4.78 is 0.828. The fourth-order valence-corrected chi connectivity index (χ4v) is 2.34. The van der Waals surface area contributed by atoms with Crippen LogP contribution in [0.3, 0.4) is 0 Å². The van der Waals surface area contributed by atoms with Crippen LogP contribution in [0, 0.1) is 0 Å². The van der Waals surface area contributed by atoms with E-state index in [1.165, 1.54) is 0 Å². The van der Waals surface area contributed by atoms with E-state index in [4.69, 9.17) is 0 Å². The number of hydrogen-bond donors (Lipinski definition) is 2. The number of anilines is 2. The van der Waals surface area contributed by atoms with Gasteiger partial charge in [0.25, 0.3) is 0 Å². The summed E-state index contributed by atoms with van der Waals surface area (Å²) in [6.45, 7) is 3.48. The van der Waals surface area contributed by atoms with Crippen molar-refractivity contribution in [2.75, 3.05) is 30.8 Å². The van der Waals surface area contributed by atoms with Gasteiger partial charge in [0.05, 0.1) is 4.47 Å². The summed E-state index contributed by atoms with van der Waals surface area (Å²) in [5.41, 5.74) is 0. The van der Waals surface area contributed by atoms with Gasteiger partial charge in [-0.3, -0.25) is 4.79 Å². The van der Waals surface area contributed by atoms with Gasteiger partial charge in [-0.25, -0.2) is 4.98 Å². The van der Waals surface area contributed by atoms with E-state index < -0.39 is 0 Å². The van der Waals surface area contributed by atoms with E-state index in [1.807, 2.05) is 14.0 Å². The summed E-state index contributed by atoms with van der Waals surface area (Å²) in [4.78, 5) is 21.8. The highest BCUT2D eigenvalue weighted by Crippen LogP contribution is 2.23. The average Bonchev–Trinajstić information content (AvgIpc) is 2.38. The van der Waals surface area contributed by atoms with Gasteiger partial charge in [-0.05, 0) is 29.3 Å². The maximum absolute atomic E-state index is 11.5. The number of likely N-dealkylation sites (N-methyl/N-ethyl adjacent to an activating group) is 1. The van der Waals surface area contributed by atoms with Gasteiger partial charge >= 0.3 is 0 Å². The van der Waals surface area contributed by atoms with Crippen molar-refractivity contribution >= 4 is 33.6 Å². The number of piperidine rings is 1. The predicted molar refractivity (Wildman–Crippen MR) is 78.2 cm³/mol. The van der Waals surface area contributed by atoms with E-state index in [0.717, 1.165) is 23.3 Å². The highest BCUT2D eigenvalue weighted by molar-refractivity contribution is 9.10. The molecule has 1 fully saturated rings. The molecule has 1 unspecified atom stereocenters. The van der Waals surface area contributed by atoms with Gasteiger partial charge < -0.3 is 15.5 Å². The average molecular weight is 328 g/mol. The lowest BCUT2D eigenvalue weighted by Gasteiger charge is -2.30. The molecule has 7 heteroatoms. The summed E-state index contributed by atoms with van der Waals surface area (Å²) in [7, 11) is 1.83. The minimum atomic E-state index is 0.202. The van der Waals surface area contributed by atoms with Crippen molar-refractivity contribution in [3.8, 4) is 0 Å². The van der Waals surface area contributed by atoms with E-state index >= 15 is 0 Å². The SMILES string of the molecule is CCNc1ncc(Br)c(NC2CCC(=O)N(C)C2)n1. The molecule has 2 heterocycles. The van der Waals surface area contributed by atoms with Crippen LogP contribution in [0.25, 0.3) is 0 Å². The van der Waals surface area contributed by atoms with Crippen LogP contribution in [-0.2, 0) is 4.79 Å². The Labute approximate surface area is 121 Å². The van der Waals surface area contributed by atoms with Crippen LogP contribution in [0.1, 0.15) is 19.8 Å². The first-order valence-electron chi connectivity index (χ1n) is 6.37. The Bertz CT molecular complexity index is 467. The number of halogens is 1. The van der Waals surface area contributed by atoms with Crippen LogP contribution in [0.2, 0.25) is 0 Å². The Morgan fingerprint density at radius 1 is 1.58 bits per heavy atom. The largest absolute Gasteiger partial charge is 0.364 e. The molecule has 0 saturated carbocycles. The van der Waals surface area contributed by atoms with E-state index in [1.54, 1.807) is 11.1 Å². The Balaban J connectivity index is 2.05. The van der Waals surface area contributed by atoms with Crippen LogP contribution in [0.5, 0.6) is 0 Å². The maximum atomic E-state index is 11.5. The van der Waals surface area contributed by atoms with Gasteiger partial charge in [-0.15, -0.1) is 0 Å². The Kier molecular flexibility index (Phi) is 4.57. The lowest BCUT2D eigenvalue weighted by atomic mass is 10.1. The van der Waals surface area contributed by atoms with Crippen molar-refractivity contribution in [2.24, 2.45) is 0 Å². The molecule has 1 aromatic rings. The summed E-state index contributed by atoms with van der Waals surface area (Å²) in [6, 6.07) is 0.225. The number of carbonyl (C=O) groups excluding carboxylic acids is 1. The van der Waals surface area contributed by atoms with Gasteiger partial charge in [-0.1, -0.05) is 0 Å². The monoisotopic (exact) mass is 327 g/mol. The highest BCUT2D eigenvalue weighted by atomic mass is 79.9. The van der Waals surface area contributed by atoms with Crippen LogP contribution in [0.4, 0.5) is 11.8 Å². The lowest BCUT2D eigenvalue weighted by Crippen LogP contribution is -2.43. The lowest BCUT2D eigenvalue weighted by molar-refractivity contribution is -0.132. The van der Waals surface area contributed by atoms with Gasteiger partial charge in [0.15, 0.2) is 0 Å². The summed E-state index contributed by atoms with van der Waals surface area (Å²) in [5.74, 6) is 1.57. The third-order valence-electron chi connectivity index (χ3n) is 3.05. The number of amides is 1. The molecule has 0 radical (unpaired) electrons. The predicted octanol–water partition coefficient (Wildman–Crippen LogP) is 1.70. The highest BCUT2D eigenvalue weighted by Gasteiger charge is 2.23. The fraction of sp³-hybridized carbons (Fsp3) is 0.583. The normalized spacial score (nSPS) is 19.4. The minimum absolute atomic E-state index is 0.202. The first-order chi connectivity index (χ1) is 9.10. The third kappa shape index (κ3) is 3.56. The molecular weight excluding hydrogens is 310 g/mol. The topological polar surface area (TPSA) is 70.2 Å². The summed E-state index contributed by atoms with van der Waals surface area (Å²) in [5, 5.41) is 6.45. The molecule has 1 aliphatic heterocycles. The minimum Gasteiger partial charge on any atom is -0.364 e. The molecule has 1 aromatic heterocycles. The van der Waals surface area contributed by atoms with Crippen molar-refractivity contribution in [1.82, 2.24) is 14.9 Å². The molecule has 2 rings (SSSR count). The second-order valence-corrected chi connectivity index (χ2v) is 5.43. The molecule has 1 aliphatic rings. The van der Waals surface area contributed by atoms with Crippen molar-refractivity contribution in [3.05, 3.63) is 10.7 Å². The summed E-state index contributed by atoms with van der Waals surface area (Å²) >= 11 is 3.44. The molecule has 1 atom stereocenters. The van der Waals surface area contributed by atoms with Gasteiger partial charge in [0, 0.05) is 38.8 Å². The zero-order chi connectivity index (χ0) is 13.8. The summed E-state index contributed by atoms with van der Waals surface area (Å²) in [6.07, 6.45) is 3.14. The van der Waals surface area contributed by atoms with E-state index in [9.17, 15) is 4.79 Å². The molecule has 6 nitrogen and oxygen atoms in total. The molecule has 104 valence electrons. The standard InChI is InChI=1S/C12H18BrN5O/c1-3-14-12-15-6-9(13)11(17-12)16-8-4-5-10(19)18(2)7-8/h6,8H,3-5,7H2,1-2H3,(H2,14,15,16,17). The second kappa shape index (κ2) is 6.18. The molecule has 0 aromatic carbocycles. The number of carbonyl (C=O) groups is 1. The van der Waals surface area contributed by atoms with Crippen molar-refractivity contribution in [3.63, 3.8) is 0 Å². The molecule has 0 aliphatic carbocycles. The quantitative estimate of drug-likeness (QED) is 0.880. The van der Waals surface area contributed by atoms with E-state index in [2.05, 4.69) is 36.5 Å². The van der Waals surface area contributed by atoms with Crippen molar-refractivity contribution in [2.45, 2.75) is 25.8 Å².